The number of phenolic OH excluding ortho intramolecular Hbond substituents is 1. The van der Waals surface area contributed by atoms with Gasteiger partial charge in [0.25, 0.3) is 5.69 Å². The van der Waals surface area contributed by atoms with Crippen LogP contribution in [0.3, 0.4) is 0 Å². The summed E-state index contributed by atoms with van der Waals surface area (Å²) < 4.78 is 0. The van der Waals surface area contributed by atoms with Crippen LogP contribution in [0.5, 0.6) is 5.75 Å². The zero-order chi connectivity index (χ0) is 13.4. The average molecular weight is 259 g/mol. The standard InChI is InChI=1S/C11H15ClN2O3/c1-11(2,3)10(13)8-7(14(16)17)5-4-6(12)9(8)15/h4-5,10,15H,13H2,1-3H3/t10-/m1/s1. The summed E-state index contributed by atoms with van der Waals surface area (Å²) in [6.45, 7) is 5.51. The van der Waals surface area contributed by atoms with Gasteiger partial charge in [0, 0.05) is 12.1 Å². The molecule has 6 heteroatoms. The first kappa shape index (κ1) is 13.7. The summed E-state index contributed by atoms with van der Waals surface area (Å²) in [6.07, 6.45) is 0. The Balaban J connectivity index is 3.49. The molecule has 94 valence electrons. The van der Waals surface area contributed by atoms with Crippen LogP contribution in [-0.2, 0) is 0 Å². The molecular weight excluding hydrogens is 244 g/mol. The second kappa shape index (κ2) is 4.50. The fourth-order valence-electron chi connectivity index (χ4n) is 1.47. The predicted octanol–water partition coefficient (Wildman–Crippen LogP) is 3.00. The van der Waals surface area contributed by atoms with Crippen molar-refractivity contribution in [3.63, 3.8) is 0 Å². The van der Waals surface area contributed by atoms with Crippen LogP contribution in [0.2, 0.25) is 5.02 Å². The Morgan fingerprint density at radius 1 is 1.47 bits per heavy atom. The Kier molecular flexibility index (Phi) is 3.64. The van der Waals surface area contributed by atoms with Crippen molar-refractivity contribution in [2.24, 2.45) is 11.1 Å². The number of nitro groups is 1. The molecule has 1 aromatic carbocycles. The Bertz CT molecular complexity index is 455. The minimum absolute atomic E-state index is 0.0605. The van der Waals surface area contributed by atoms with Crippen LogP contribution in [0.4, 0.5) is 5.69 Å². The third-order valence-corrected chi connectivity index (χ3v) is 2.89. The van der Waals surface area contributed by atoms with Crippen molar-refractivity contribution in [3.05, 3.63) is 32.8 Å². The molecule has 0 unspecified atom stereocenters. The SMILES string of the molecule is CC(C)(C)[C@H](N)c1c([N+](=O)[O-])ccc(Cl)c1O. The molecule has 5 nitrogen and oxygen atoms in total. The summed E-state index contributed by atoms with van der Waals surface area (Å²) >= 11 is 5.76. The maximum Gasteiger partial charge on any atom is 0.278 e. The molecule has 0 fully saturated rings. The van der Waals surface area contributed by atoms with Crippen molar-refractivity contribution in [2.75, 3.05) is 0 Å². The van der Waals surface area contributed by atoms with Gasteiger partial charge in [-0.2, -0.15) is 0 Å². The van der Waals surface area contributed by atoms with Gasteiger partial charge in [-0.3, -0.25) is 10.1 Å². The van der Waals surface area contributed by atoms with Crippen LogP contribution < -0.4 is 5.73 Å². The summed E-state index contributed by atoms with van der Waals surface area (Å²) in [6, 6.07) is 1.86. The van der Waals surface area contributed by atoms with E-state index in [-0.39, 0.29) is 22.0 Å². The molecule has 3 N–H and O–H groups in total. The van der Waals surface area contributed by atoms with E-state index in [1.54, 1.807) is 0 Å². The van der Waals surface area contributed by atoms with Gasteiger partial charge in [0.1, 0.15) is 5.75 Å². The molecule has 0 radical (unpaired) electrons. The molecule has 0 aliphatic heterocycles. The van der Waals surface area contributed by atoms with Crippen LogP contribution in [-0.4, -0.2) is 10.0 Å². The zero-order valence-corrected chi connectivity index (χ0v) is 10.7. The number of rotatable bonds is 2. The number of nitro benzene ring substituents is 1. The minimum Gasteiger partial charge on any atom is -0.506 e. The summed E-state index contributed by atoms with van der Waals surface area (Å²) in [5.41, 5.74) is 5.40. The molecule has 1 atom stereocenters. The van der Waals surface area contributed by atoms with Gasteiger partial charge < -0.3 is 10.8 Å². The second-order valence-electron chi connectivity index (χ2n) is 4.93. The average Bonchev–Trinajstić information content (AvgIpc) is 2.19. The first-order valence-corrected chi connectivity index (χ1v) is 5.45. The van der Waals surface area contributed by atoms with Crippen LogP contribution >= 0.6 is 11.6 Å². The number of halogens is 1. The number of hydrogen-bond donors (Lipinski definition) is 2. The van der Waals surface area contributed by atoms with Gasteiger partial charge in [-0.25, -0.2) is 0 Å². The van der Waals surface area contributed by atoms with Gasteiger partial charge in [0.15, 0.2) is 0 Å². The van der Waals surface area contributed by atoms with Crippen molar-refractivity contribution in [2.45, 2.75) is 26.8 Å². The molecule has 0 bridgehead atoms. The summed E-state index contributed by atoms with van der Waals surface area (Å²) in [7, 11) is 0. The summed E-state index contributed by atoms with van der Waals surface area (Å²) in [5, 5.41) is 20.8. The lowest BCUT2D eigenvalue weighted by atomic mass is 9.82. The van der Waals surface area contributed by atoms with Gasteiger partial charge in [-0.15, -0.1) is 0 Å². The zero-order valence-electron chi connectivity index (χ0n) is 9.90. The van der Waals surface area contributed by atoms with Gasteiger partial charge in [0.05, 0.1) is 15.5 Å². The Morgan fingerprint density at radius 3 is 2.41 bits per heavy atom. The van der Waals surface area contributed by atoms with Crippen LogP contribution in [0.1, 0.15) is 32.4 Å². The lowest BCUT2D eigenvalue weighted by Gasteiger charge is -2.27. The highest BCUT2D eigenvalue weighted by atomic mass is 35.5. The maximum absolute atomic E-state index is 10.9. The smallest absolute Gasteiger partial charge is 0.278 e. The lowest BCUT2D eigenvalue weighted by Crippen LogP contribution is -2.27. The molecule has 0 aromatic heterocycles. The first-order chi connectivity index (χ1) is 7.66. The van der Waals surface area contributed by atoms with Crippen LogP contribution in [0.25, 0.3) is 0 Å². The Labute approximate surface area is 104 Å². The monoisotopic (exact) mass is 258 g/mol. The maximum atomic E-state index is 10.9. The quantitative estimate of drug-likeness (QED) is 0.630. The molecular formula is C11H15ClN2O3. The van der Waals surface area contributed by atoms with E-state index in [1.807, 2.05) is 20.8 Å². The van der Waals surface area contributed by atoms with Crippen molar-refractivity contribution in [1.82, 2.24) is 0 Å². The highest BCUT2D eigenvalue weighted by Gasteiger charge is 2.32. The largest absolute Gasteiger partial charge is 0.506 e. The van der Waals surface area contributed by atoms with Crippen molar-refractivity contribution >= 4 is 17.3 Å². The van der Waals surface area contributed by atoms with E-state index in [0.29, 0.717) is 0 Å². The highest BCUT2D eigenvalue weighted by Crippen LogP contribution is 2.43. The molecule has 17 heavy (non-hydrogen) atoms. The first-order valence-electron chi connectivity index (χ1n) is 5.07. The van der Waals surface area contributed by atoms with Crippen molar-refractivity contribution < 1.29 is 10.0 Å². The van der Waals surface area contributed by atoms with E-state index in [0.717, 1.165) is 0 Å². The normalized spacial score (nSPS) is 13.5. The van der Waals surface area contributed by atoms with E-state index in [1.165, 1.54) is 12.1 Å². The number of nitrogens with two attached hydrogens (primary N) is 1. The molecule has 0 saturated heterocycles. The Morgan fingerprint density at radius 2 is 2.00 bits per heavy atom. The predicted molar refractivity (Wildman–Crippen MR) is 66.2 cm³/mol. The van der Waals surface area contributed by atoms with E-state index in [9.17, 15) is 15.2 Å². The minimum atomic E-state index is -0.679. The number of hydrogen-bond acceptors (Lipinski definition) is 4. The summed E-state index contributed by atoms with van der Waals surface area (Å²) in [4.78, 5) is 10.3. The topological polar surface area (TPSA) is 89.4 Å². The highest BCUT2D eigenvalue weighted by molar-refractivity contribution is 6.32. The van der Waals surface area contributed by atoms with Gasteiger partial charge >= 0.3 is 0 Å². The van der Waals surface area contributed by atoms with Crippen molar-refractivity contribution in [3.8, 4) is 5.75 Å². The van der Waals surface area contributed by atoms with E-state index >= 15 is 0 Å². The lowest BCUT2D eigenvalue weighted by molar-refractivity contribution is -0.386. The third-order valence-electron chi connectivity index (χ3n) is 2.59. The van der Waals surface area contributed by atoms with E-state index < -0.39 is 16.4 Å². The molecule has 0 amide bonds. The molecule has 1 aromatic rings. The molecule has 1 rings (SSSR count). The molecule has 0 heterocycles. The third kappa shape index (κ3) is 2.68. The fraction of sp³-hybridized carbons (Fsp3) is 0.455. The number of aromatic hydroxyl groups is 1. The Hall–Kier alpha value is -1.33. The summed E-state index contributed by atoms with van der Waals surface area (Å²) in [5.74, 6) is -0.316. The van der Waals surface area contributed by atoms with Gasteiger partial charge in [0.2, 0.25) is 0 Å². The molecule has 0 spiro atoms. The van der Waals surface area contributed by atoms with E-state index in [2.05, 4.69) is 0 Å². The number of nitrogens with zero attached hydrogens (tertiary/aromatic N) is 1. The van der Waals surface area contributed by atoms with Crippen LogP contribution in [0, 0.1) is 15.5 Å². The van der Waals surface area contributed by atoms with Gasteiger partial charge in [-0.1, -0.05) is 32.4 Å². The second-order valence-corrected chi connectivity index (χ2v) is 5.34. The van der Waals surface area contributed by atoms with Crippen molar-refractivity contribution in [1.29, 1.82) is 0 Å². The fourth-order valence-corrected chi connectivity index (χ4v) is 1.63. The van der Waals surface area contributed by atoms with E-state index in [4.69, 9.17) is 17.3 Å². The molecule has 0 aliphatic rings. The number of benzene rings is 1. The molecule has 0 aliphatic carbocycles. The van der Waals surface area contributed by atoms with Crippen LogP contribution in [0.15, 0.2) is 12.1 Å². The number of phenols is 1. The van der Waals surface area contributed by atoms with Gasteiger partial charge in [-0.05, 0) is 11.5 Å². The molecule has 0 saturated carbocycles.